The number of anilines is 1. The number of benzene rings is 1. The minimum Gasteiger partial charge on any atom is -0.366 e. The van der Waals surface area contributed by atoms with Gasteiger partial charge in [-0.15, -0.1) is 5.10 Å². The zero-order chi connectivity index (χ0) is 17.6. The van der Waals surface area contributed by atoms with E-state index >= 15 is 0 Å². The van der Waals surface area contributed by atoms with Crippen LogP contribution in [-0.2, 0) is 17.6 Å². The Morgan fingerprint density at radius 3 is 2.96 bits per heavy atom. The van der Waals surface area contributed by atoms with Crippen molar-refractivity contribution >= 4 is 17.6 Å². The molecular weight excluding hydrogens is 316 g/mol. The molecule has 1 aliphatic carbocycles. The second-order valence-corrected chi connectivity index (χ2v) is 6.48. The quantitative estimate of drug-likeness (QED) is 0.758. The molecule has 3 N–H and O–H groups in total. The van der Waals surface area contributed by atoms with Gasteiger partial charge in [0, 0.05) is 17.0 Å². The highest BCUT2D eigenvalue weighted by Crippen LogP contribution is 2.30. The van der Waals surface area contributed by atoms with Gasteiger partial charge in [0.2, 0.25) is 11.9 Å². The number of nitrogens with two attached hydrogens (primary N) is 1. The van der Waals surface area contributed by atoms with E-state index in [-0.39, 0.29) is 24.3 Å². The molecule has 128 valence electrons. The first-order valence-electron chi connectivity index (χ1n) is 8.38. The molecule has 1 aliphatic rings. The van der Waals surface area contributed by atoms with Crippen LogP contribution < -0.4 is 11.1 Å². The van der Waals surface area contributed by atoms with E-state index in [1.165, 1.54) is 11.1 Å². The predicted molar refractivity (Wildman–Crippen MR) is 94.0 cm³/mol. The summed E-state index contributed by atoms with van der Waals surface area (Å²) in [5.41, 5.74) is 10.7. The van der Waals surface area contributed by atoms with Crippen LogP contribution in [0.25, 0.3) is 5.78 Å². The summed E-state index contributed by atoms with van der Waals surface area (Å²) in [6, 6.07) is 8.37. The van der Waals surface area contributed by atoms with Crippen LogP contribution >= 0.6 is 0 Å². The van der Waals surface area contributed by atoms with E-state index in [2.05, 4.69) is 32.5 Å². The van der Waals surface area contributed by atoms with Gasteiger partial charge in [0.15, 0.2) is 0 Å². The van der Waals surface area contributed by atoms with Gasteiger partial charge >= 0.3 is 0 Å². The van der Waals surface area contributed by atoms with E-state index < -0.39 is 0 Å². The van der Waals surface area contributed by atoms with Crippen molar-refractivity contribution in [2.45, 2.75) is 39.2 Å². The van der Waals surface area contributed by atoms with E-state index in [4.69, 9.17) is 5.73 Å². The number of rotatable bonds is 3. The Hall–Kier alpha value is -2.96. The Kier molecular flexibility index (Phi) is 3.63. The van der Waals surface area contributed by atoms with Crippen molar-refractivity contribution < 1.29 is 4.79 Å². The van der Waals surface area contributed by atoms with Crippen molar-refractivity contribution in [3.05, 3.63) is 52.3 Å². The van der Waals surface area contributed by atoms with E-state index in [9.17, 15) is 4.79 Å². The molecule has 7 heteroatoms. The highest BCUT2D eigenvalue weighted by molar-refractivity contribution is 5.79. The molecule has 1 aromatic carbocycles. The van der Waals surface area contributed by atoms with Crippen molar-refractivity contribution in [2.75, 3.05) is 5.73 Å². The minimum atomic E-state index is -0.0119. The molecule has 0 radical (unpaired) electrons. The van der Waals surface area contributed by atoms with Crippen LogP contribution in [0.4, 0.5) is 5.95 Å². The van der Waals surface area contributed by atoms with Crippen molar-refractivity contribution in [1.82, 2.24) is 24.9 Å². The maximum atomic E-state index is 12.6. The Morgan fingerprint density at radius 2 is 2.12 bits per heavy atom. The fourth-order valence-electron chi connectivity index (χ4n) is 3.59. The molecule has 0 saturated heterocycles. The van der Waals surface area contributed by atoms with E-state index in [1.54, 1.807) is 4.52 Å². The van der Waals surface area contributed by atoms with E-state index in [1.807, 2.05) is 26.0 Å². The highest BCUT2D eigenvalue weighted by Gasteiger charge is 2.24. The summed E-state index contributed by atoms with van der Waals surface area (Å²) in [7, 11) is 0. The van der Waals surface area contributed by atoms with Gasteiger partial charge in [-0.05, 0) is 37.8 Å². The summed E-state index contributed by atoms with van der Waals surface area (Å²) >= 11 is 0. The zero-order valence-corrected chi connectivity index (χ0v) is 14.3. The lowest BCUT2D eigenvalue weighted by atomic mass is 10.1. The third-order valence-corrected chi connectivity index (χ3v) is 4.87. The number of carbonyl (C=O) groups is 1. The minimum absolute atomic E-state index is 0.0119. The Morgan fingerprint density at radius 1 is 1.32 bits per heavy atom. The van der Waals surface area contributed by atoms with Crippen molar-refractivity contribution in [1.29, 1.82) is 0 Å². The van der Waals surface area contributed by atoms with Gasteiger partial charge in [-0.25, -0.2) is 4.98 Å². The van der Waals surface area contributed by atoms with Gasteiger partial charge in [-0.3, -0.25) is 4.79 Å². The fraction of sp³-hybridized carbons (Fsp3) is 0.333. The van der Waals surface area contributed by atoms with Gasteiger partial charge in [0.05, 0.1) is 12.5 Å². The van der Waals surface area contributed by atoms with Gasteiger partial charge < -0.3 is 11.1 Å². The molecule has 2 heterocycles. The summed E-state index contributed by atoms with van der Waals surface area (Å²) < 4.78 is 1.59. The number of hydrogen-bond donors (Lipinski definition) is 2. The summed E-state index contributed by atoms with van der Waals surface area (Å²) in [5, 5.41) is 7.30. The lowest BCUT2D eigenvalue weighted by Crippen LogP contribution is -2.29. The Balaban J connectivity index is 1.56. The van der Waals surface area contributed by atoms with Gasteiger partial charge in [0.1, 0.15) is 0 Å². The third kappa shape index (κ3) is 2.71. The molecule has 2 aromatic heterocycles. The van der Waals surface area contributed by atoms with E-state index in [0.29, 0.717) is 5.78 Å². The average Bonchev–Trinajstić information content (AvgIpc) is 3.15. The number of nitrogens with one attached hydrogen (secondary N) is 1. The second kappa shape index (κ2) is 5.84. The van der Waals surface area contributed by atoms with Crippen LogP contribution in [0.1, 0.15) is 40.5 Å². The molecule has 3 aromatic rings. The molecule has 0 spiro atoms. The van der Waals surface area contributed by atoms with Crippen LogP contribution in [0.2, 0.25) is 0 Å². The number of hydrogen-bond acceptors (Lipinski definition) is 5. The molecule has 1 amide bonds. The lowest BCUT2D eigenvalue weighted by molar-refractivity contribution is -0.121. The second-order valence-electron chi connectivity index (χ2n) is 6.48. The number of fused-ring (bicyclic) bond motifs is 2. The van der Waals surface area contributed by atoms with Crippen LogP contribution in [0.15, 0.2) is 24.3 Å². The molecule has 0 fully saturated rings. The monoisotopic (exact) mass is 336 g/mol. The Labute approximate surface area is 145 Å². The number of aryl methyl sites for hydroxylation is 3. The first kappa shape index (κ1) is 15.6. The largest absolute Gasteiger partial charge is 0.366 e. The summed E-state index contributed by atoms with van der Waals surface area (Å²) in [4.78, 5) is 21.1. The average molecular weight is 336 g/mol. The first-order chi connectivity index (χ1) is 12.0. The molecule has 0 unspecified atom stereocenters. The van der Waals surface area contributed by atoms with Gasteiger partial charge in [-0.2, -0.15) is 9.50 Å². The number of aromatic nitrogens is 4. The molecular formula is C18H20N6O. The Bertz CT molecular complexity index is 977. The standard InChI is InChI=1S/C18H20N6O/c1-10-14(11(2)24-18(20-10)22-17(19)23-24)9-16(25)21-15-8-7-12-5-3-4-6-13(12)15/h3-6,15H,7-9H2,1-2H3,(H2,19,23)(H,21,25)/t15-/m1/s1. The molecule has 0 saturated carbocycles. The number of amides is 1. The van der Waals surface area contributed by atoms with E-state index in [0.717, 1.165) is 29.8 Å². The summed E-state index contributed by atoms with van der Waals surface area (Å²) in [6.45, 7) is 3.79. The summed E-state index contributed by atoms with van der Waals surface area (Å²) in [6.07, 6.45) is 2.21. The zero-order valence-electron chi connectivity index (χ0n) is 14.3. The topological polar surface area (TPSA) is 98.2 Å². The smallest absolute Gasteiger partial charge is 0.254 e. The molecule has 25 heavy (non-hydrogen) atoms. The molecule has 4 rings (SSSR count). The van der Waals surface area contributed by atoms with Gasteiger partial charge in [-0.1, -0.05) is 24.3 Å². The highest BCUT2D eigenvalue weighted by atomic mass is 16.1. The van der Waals surface area contributed by atoms with Crippen LogP contribution in [0.3, 0.4) is 0 Å². The van der Waals surface area contributed by atoms with Gasteiger partial charge in [0.25, 0.3) is 5.78 Å². The number of carbonyl (C=O) groups excluding carboxylic acids is 1. The molecule has 0 aliphatic heterocycles. The maximum absolute atomic E-state index is 12.6. The van der Waals surface area contributed by atoms with Crippen LogP contribution in [0.5, 0.6) is 0 Å². The SMILES string of the molecule is Cc1nc2nc(N)nn2c(C)c1CC(=O)N[C@@H]1CCc2ccccc21. The molecule has 1 atom stereocenters. The third-order valence-electron chi connectivity index (χ3n) is 4.87. The predicted octanol–water partition coefficient (Wildman–Crippen LogP) is 1.67. The summed E-state index contributed by atoms with van der Waals surface area (Å²) in [5.74, 6) is 0.627. The van der Waals surface area contributed by atoms with Crippen LogP contribution in [0, 0.1) is 13.8 Å². The normalized spacial score (nSPS) is 16.2. The number of nitrogens with zero attached hydrogens (tertiary/aromatic N) is 4. The molecule has 0 bridgehead atoms. The van der Waals surface area contributed by atoms with Crippen molar-refractivity contribution in [2.24, 2.45) is 0 Å². The molecule has 7 nitrogen and oxygen atoms in total. The van der Waals surface area contributed by atoms with Crippen molar-refractivity contribution in [3.63, 3.8) is 0 Å². The van der Waals surface area contributed by atoms with Crippen LogP contribution in [-0.4, -0.2) is 25.5 Å². The first-order valence-corrected chi connectivity index (χ1v) is 8.38. The number of nitrogen functional groups attached to an aromatic ring is 1. The lowest BCUT2D eigenvalue weighted by Gasteiger charge is -2.15. The maximum Gasteiger partial charge on any atom is 0.254 e. The van der Waals surface area contributed by atoms with Crippen molar-refractivity contribution in [3.8, 4) is 0 Å². The fourth-order valence-corrected chi connectivity index (χ4v) is 3.59.